The summed E-state index contributed by atoms with van der Waals surface area (Å²) in [4.78, 5) is 0. The number of hydrogen-bond donors (Lipinski definition) is 1. The zero-order valence-corrected chi connectivity index (χ0v) is 12.3. The lowest BCUT2D eigenvalue weighted by atomic mass is 9.99. The van der Waals surface area contributed by atoms with Crippen LogP contribution in [0.25, 0.3) is 0 Å². The van der Waals surface area contributed by atoms with Crippen LogP contribution < -0.4 is 5.32 Å². The number of hydrogen-bond acceptors (Lipinski definition) is 1. The van der Waals surface area contributed by atoms with E-state index in [-0.39, 0.29) is 16.9 Å². The molecule has 1 unspecified atom stereocenters. The van der Waals surface area contributed by atoms with Gasteiger partial charge in [-0.1, -0.05) is 48.0 Å². The molecular formula is C17H19ClFN. The lowest BCUT2D eigenvalue weighted by molar-refractivity contribution is 0.525. The Labute approximate surface area is 124 Å². The molecule has 0 bridgehead atoms. The molecule has 1 atom stereocenters. The van der Waals surface area contributed by atoms with Crippen molar-refractivity contribution >= 4 is 11.6 Å². The summed E-state index contributed by atoms with van der Waals surface area (Å²) in [5.74, 6) is -0.366. The first kappa shape index (κ1) is 15.0. The number of halogens is 2. The molecule has 2 aromatic carbocycles. The summed E-state index contributed by atoms with van der Waals surface area (Å²) < 4.78 is 13.2. The highest BCUT2D eigenvalue weighted by Crippen LogP contribution is 2.24. The van der Waals surface area contributed by atoms with Gasteiger partial charge in [0.25, 0.3) is 0 Å². The van der Waals surface area contributed by atoms with Crippen LogP contribution in [0.4, 0.5) is 4.39 Å². The van der Waals surface area contributed by atoms with Crippen LogP contribution in [0.2, 0.25) is 5.02 Å². The first-order chi connectivity index (χ1) is 9.70. The summed E-state index contributed by atoms with van der Waals surface area (Å²) in [7, 11) is 1.92. The molecule has 0 saturated carbocycles. The van der Waals surface area contributed by atoms with Gasteiger partial charge in [-0.25, -0.2) is 4.39 Å². The van der Waals surface area contributed by atoms with Gasteiger partial charge < -0.3 is 5.32 Å². The van der Waals surface area contributed by atoms with Crippen molar-refractivity contribution in [2.45, 2.75) is 25.3 Å². The van der Waals surface area contributed by atoms with E-state index in [0.717, 1.165) is 24.8 Å². The highest BCUT2D eigenvalue weighted by Gasteiger charge is 2.11. The molecule has 0 aromatic heterocycles. The number of rotatable bonds is 6. The van der Waals surface area contributed by atoms with Gasteiger partial charge in [0.1, 0.15) is 5.82 Å². The number of nitrogens with one attached hydrogen (secondary N) is 1. The molecule has 0 radical (unpaired) electrons. The lowest BCUT2D eigenvalue weighted by Crippen LogP contribution is -2.16. The second kappa shape index (κ2) is 7.41. The molecule has 0 aliphatic heterocycles. The van der Waals surface area contributed by atoms with Crippen molar-refractivity contribution in [3.05, 3.63) is 70.5 Å². The fraction of sp³-hybridized carbons (Fsp3) is 0.294. The summed E-state index contributed by atoms with van der Waals surface area (Å²) in [6, 6.07) is 15.6. The molecule has 20 heavy (non-hydrogen) atoms. The van der Waals surface area contributed by atoms with Crippen molar-refractivity contribution in [1.82, 2.24) is 5.32 Å². The van der Waals surface area contributed by atoms with Crippen LogP contribution in [0.5, 0.6) is 0 Å². The SMILES string of the molecule is CNC(CCCc1ccccc1)c1ccc(F)c(Cl)c1. The van der Waals surface area contributed by atoms with E-state index in [1.165, 1.54) is 11.6 Å². The minimum Gasteiger partial charge on any atom is -0.313 e. The summed E-state index contributed by atoms with van der Waals surface area (Å²) in [5.41, 5.74) is 2.38. The van der Waals surface area contributed by atoms with Crippen LogP contribution >= 0.6 is 11.6 Å². The zero-order chi connectivity index (χ0) is 14.4. The van der Waals surface area contributed by atoms with E-state index < -0.39 is 0 Å². The predicted molar refractivity (Wildman–Crippen MR) is 82.6 cm³/mol. The maximum absolute atomic E-state index is 13.2. The van der Waals surface area contributed by atoms with Gasteiger partial charge in [0.2, 0.25) is 0 Å². The van der Waals surface area contributed by atoms with E-state index in [2.05, 4.69) is 29.6 Å². The Morgan fingerprint density at radius 2 is 1.90 bits per heavy atom. The third-order valence-corrected chi connectivity index (χ3v) is 3.79. The van der Waals surface area contributed by atoms with Crippen molar-refractivity contribution < 1.29 is 4.39 Å². The second-order valence-electron chi connectivity index (χ2n) is 4.89. The molecule has 0 amide bonds. The largest absolute Gasteiger partial charge is 0.313 e. The van der Waals surface area contributed by atoms with Crippen molar-refractivity contribution in [2.24, 2.45) is 0 Å². The van der Waals surface area contributed by atoms with Gasteiger partial charge in [-0.2, -0.15) is 0 Å². The maximum Gasteiger partial charge on any atom is 0.141 e. The van der Waals surface area contributed by atoms with Crippen molar-refractivity contribution in [3.8, 4) is 0 Å². The Morgan fingerprint density at radius 1 is 1.15 bits per heavy atom. The molecule has 0 spiro atoms. The molecule has 3 heteroatoms. The minimum atomic E-state index is -0.366. The van der Waals surface area contributed by atoms with Crippen LogP contribution in [-0.4, -0.2) is 7.05 Å². The fourth-order valence-corrected chi connectivity index (χ4v) is 2.55. The van der Waals surface area contributed by atoms with Gasteiger partial charge in [0.15, 0.2) is 0 Å². The third-order valence-electron chi connectivity index (χ3n) is 3.50. The Bertz CT molecular complexity index is 542. The van der Waals surface area contributed by atoms with Crippen LogP contribution in [0.3, 0.4) is 0 Å². The quantitative estimate of drug-likeness (QED) is 0.809. The van der Waals surface area contributed by atoms with E-state index in [0.29, 0.717) is 0 Å². The first-order valence-electron chi connectivity index (χ1n) is 6.87. The zero-order valence-electron chi connectivity index (χ0n) is 11.6. The summed E-state index contributed by atoms with van der Waals surface area (Å²) in [5, 5.41) is 3.46. The monoisotopic (exact) mass is 291 g/mol. The van der Waals surface area contributed by atoms with E-state index in [1.54, 1.807) is 12.1 Å². The van der Waals surface area contributed by atoms with E-state index >= 15 is 0 Å². The van der Waals surface area contributed by atoms with E-state index in [1.807, 2.05) is 13.1 Å². The summed E-state index contributed by atoms with van der Waals surface area (Å²) in [6.45, 7) is 0. The highest BCUT2D eigenvalue weighted by atomic mass is 35.5. The molecule has 1 N–H and O–H groups in total. The number of benzene rings is 2. The maximum atomic E-state index is 13.2. The summed E-state index contributed by atoms with van der Waals surface area (Å²) in [6.07, 6.45) is 3.12. The second-order valence-corrected chi connectivity index (χ2v) is 5.30. The molecule has 0 aliphatic rings. The molecule has 2 rings (SSSR count). The van der Waals surface area contributed by atoms with Crippen molar-refractivity contribution in [2.75, 3.05) is 7.05 Å². The molecule has 0 heterocycles. The van der Waals surface area contributed by atoms with Crippen molar-refractivity contribution in [1.29, 1.82) is 0 Å². The Kier molecular flexibility index (Phi) is 5.57. The van der Waals surface area contributed by atoms with E-state index in [4.69, 9.17) is 11.6 Å². The normalized spacial score (nSPS) is 12.3. The van der Waals surface area contributed by atoms with Crippen LogP contribution in [0.15, 0.2) is 48.5 Å². The highest BCUT2D eigenvalue weighted by molar-refractivity contribution is 6.30. The smallest absolute Gasteiger partial charge is 0.141 e. The lowest BCUT2D eigenvalue weighted by Gasteiger charge is -2.17. The average molecular weight is 292 g/mol. The summed E-state index contributed by atoms with van der Waals surface area (Å²) >= 11 is 5.84. The van der Waals surface area contributed by atoms with Gasteiger partial charge in [0, 0.05) is 6.04 Å². The van der Waals surface area contributed by atoms with E-state index in [9.17, 15) is 4.39 Å². The molecule has 2 aromatic rings. The predicted octanol–water partition coefficient (Wildman–Crippen LogP) is 4.76. The Hall–Kier alpha value is -1.38. The van der Waals surface area contributed by atoms with Gasteiger partial charge in [-0.05, 0) is 49.6 Å². The topological polar surface area (TPSA) is 12.0 Å². The molecular weight excluding hydrogens is 273 g/mol. The Balaban J connectivity index is 1.93. The fourth-order valence-electron chi connectivity index (χ4n) is 2.36. The molecule has 106 valence electrons. The van der Waals surface area contributed by atoms with Gasteiger partial charge in [-0.3, -0.25) is 0 Å². The third kappa shape index (κ3) is 4.06. The molecule has 0 fully saturated rings. The first-order valence-corrected chi connectivity index (χ1v) is 7.24. The van der Waals surface area contributed by atoms with Crippen LogP contribution in [0, 0.1) is 5.82 Å². The minimum absolute atomic E-state index is 0.186. The standard InChI is InChI=1S/C17H19ClFN/c1-20-17(14-10-11-16(19)15(18)12-14)9-5-8-13-6-3-2-4-7-13/h2-4,6-7,10-12,17,20H,5,8-9H2,1H3. The molecule has 0 saturated heterocycles. The molecule has 0 aliphatic carbocycles. The van der Waals surface area contributed by atoms with Crippen molar-refractivity contribution in [3.63, 3.8) is 0 Å². The van der Waals surface area contributed by atoms with Crippen LogP contribution in [0.1, 0.15) is 30.0 Å². The van der Waals surface area contributed by atoms with Gasteiger partial charge in [0.05, 0.1) is 5.02 Å². The average Bonchev–Trinajstić information content (AvgIpc) is 2.48. The van der Waals surface area contributed by atoms with Gasteiger partial charge in [-0.15, -0.1) is 0 Å². The number of aryl methyl sites for hydroxylation is 1. The molecule has 1 nitrogen and oxygen atoms in total. The van der Waals surface area contributed by atoms with Gasteiger partial charge >= 0.3 is 0 Å². The van der Waals surface area contributed by atoms with Crippen LogP contribution in [-0.2, 0) is 6.42 Å². The Morgan fingerprint density at radius 3 is 2.55 bits per heavy atom.